The molecule has 2 aromatic carbocycles. The first-order chi connectivity index (χ1) is 10.2. The van der Waals surface area contributed by atoms with Crippen molar-refractivity contribution in [2.75, 3.05) is 13.3 Å². The molecule has 5 heteroatoms. The van der Waals surface area contributed by atoms with E-state index in [1.54, 1.807) is 12.1 Å². The maximum atomic E-state index is 13.9. The molecule has 3 rings (SSSR count). The van der Waals surface area contributed by atoms with Crippen LogP contribution in [-0.2, 0) is 6.42 Å². The van der Waals surface area contributed by atoms with Gasteiger partial charge in [-0.15, -0.1) is 0 Å². The molecule has 1 aliphatic heterocycles. The Balaban J connectivity index is 1.89. The fourth-order valence-electron chi connectivity index (χ4n) is 2.48. The highest BCUT2D eigenvalue weighted by Gasteiger charge is 2.19. The second-order valence-corrected chi connectivity index (χ2v) is 5.36. The molecule has 21 heavy (non-hydrogen) atoms. The van der Waals surface area contributed by atoms with Crippen LogP contribution in [0.4, 0.5) is 4.39 Å². The molecule has 1 unspecified atom stereocenters. The second kappa shape index (κ2) is 5.92. The second-order valence-electron chi connectivity index (χ2n) is 4.95. The minimum Gasteiger partial charge on any atom is -0.454 e. The number of hydrogen-bond donors (Lipinski definition) is 1. The van der Waals surface area contributed by atoms with Crippen molar-refractivity contribution in [3.63, 3.8) is 0 Å². The normalized spacial score (nSPS) is 14.2. The molecule has 3 nitrogen and oxygen atoms in total. The number of halogens is 2. The lowest BCUT2D eigenvalue weighted by Crippen LogP contribution is -2.16. The average Bonchev–Trinajstić information content (AvgIpc) is 2.94. The highest BCUT2D eigenvalue weighted by Crippen LogP contribution is 2.36. The van der Waals surface area contributed by atoms with E-state index in [9.17, 15) is 4.39 Å². The third-order valence-electron chi connectivity index (χ3n) is 3.66. The minimum absolute atomic E-state index is 0.0334. The molecule has 110 valence electrons. The van der Waals surface area contributed by atoms with Gasteiger partial charge in [-0.2, -0.15) is 0 Å². The van der Waals surface area contributed by atoms with Gasteiger partial charge in [0.15, 0.2) is 11.5 Å². The molecular weight excluding hydrogens is 293 g/mol. The SMILES string of the molecule is NCC(Cc1c(F)cccc1Cl)c1ccc2c(c1)OCO2. The Kier molecular flexibility index (Phi) is 3.99. The lowest BCUT2D eigenvalue weighted by molar-refractivity contribution is 0.174. The summed E-state index contributed by atoms with van der Waals surface area (Å²) in [6.07, 6.45) is 0.446. The fourth-order valence-corrected chi connectivity index (χ4v) is 2.72. The summed E-state index contributed by atoms with van der Waals surface area (Å²) in [5, 5.41) is 0.425. The molecule has 0 aliphatic carbocycles. The van der Waals surface area contributed by atoms with Gasteiger partial charge in [0.1, 0.15) is 5.82 Å². The zero-order valence-corrected chi connectivity index (χ0v) is 12.1. The molecule has 2 N–H and O–H groups in total. The number of rotatable bonds is 4. The van der Waals surface area contributed by atoms with Crippen LogP contribution in [-0.4, -0.2) is 13.3 Å². The van der Waals surface area contributed by atoms with Gasteiger partial charge in [0.2, 0.25) is 6.79 Å². The molecular formula is C16H15ClFNO2. The molecule has 0 radical (unpaired) electrons. The van der Waals surface area contributed by atoms with E-state index in [2.05, 4.69) is 0 Å². The predicted octanol–water partition coefficient (Wildman–Crippen LogP) is 3.49. The van der Waals surface area contributed by atoms with Gasteiger partial charge in [-0.05, 0) is 42.8 Å². The van der Waals surface area contributed by atoms with E-state index in [-0.39, 0.29) is 18.5 Å². The van der Waals surface area contributed by atoms with E-state index >= 15 is 0 Å². The van der Waals surface area contributed by atoms with Crippen LogP contribution in [0.15, 0.2) is 36.4 Å². The smallest absolute Gasteiger partial charge is 0.231 e. The molecule has 1 heterocycles. The van der Waals surface area contributed by atoms with Crippen molar-refractivity contribution in [1.82, 2.24) is 0 Å². The highest BCUT2D eigenvalue weighted by molar-refractivity contribution is 6.31. The number of ether oxygens (including phenoxy) is 2. The molecule has 0 bridgehead atoms. The maximum absolute atomic E-state index is 13.9. The Morgan fingerprint density at radius 2 is 2.00 bits per heavy atom. The zero-order chi connectivity index (χ0) is 14.8. The zero-order valence-electron chi connectivity index (χ0n) is 11.3. The van der Waals surface area contributed by atoms with E-state index in [0.29, 0.717) is 29.3 Å². The number of nitrogens with two attached hydrogens (primary N) is 1. The summed E-state index contributed by atoms with van der Waals surface area (Å²) >= 11 is 6.09. The fraction of sp³-hybridized carbons (Fsp3) is 0.250. The first-order valence-corrected chi connectivity index (χ1v) is 7.09. The molecule has 0 spiro atoms. The molecule has 2 aromatic rings. The van der Waals surface area contributed by atoms with Crippen LogP contribution in [0.1, 0.15) is 17.0 Å². The van der Waals surface area contributed by atoms with Crippen LogP contribution in [0.25, 0.3) is 0 Å². The summed E-state index contributed by atoms with van der Waals surface area (Å²) in [7, 11) is 0. The Morgan fingerprint density at radius 3 is 2.76 bits per heavy atom. The number of hydrogen-bond acceptors (Lipinski definition) is 3. The van der Waals surface area contributed by atoms with Gasteiger partial charge in [0, 0.05) is 16.5 Å². The Morgan fingerprint density at radius 1 is 1.19 bits per heavy atom. The molecule has 1 aliphatic rings. The van der Waals surface area contributed by atoms with Gasteiger partial charge >= 0.3 is 0 Å². The maximum Gasteiger partial charge on any atom is 0.231 e. The van der Waals surface area contributed by atoms with Crippen LogP contribution < -0.4 is 15.2 Å². The molecule has 0 aromatic heterocycles. The van der Waals surface area contributed by atoms with Crippen LogP contribution >= 0.6 is 11.6 Å². The van der Waals surface area contributed by atoms with Gasteiger partial charge in [0.25, 0.3) is 0 Å². The summed E-state index contributed by atoms with van der Waals surface area (Å²) in [6, 6.07) is 10.4. The lowest BCUT2D eigenvalue weighted by Gasteiger charge is -2.17. The Hall–Kier alpha value is -1.78. The van der Waals surface area contributed by atoms with Crippen molar-refractivity contribution in [3.05, 3.63) is 58.4 Å². The van der Waals surface area contributed by atoms with Crippen molar-refractivity contribution in [2.45, 2.75) is 12.3 Å². The lowest BCUT2D eigenvalue weighted by atomic mass is 9.91. The van der Waals surface area contributed by atoms with Gasteiger partial charge in [-0.25, -0.2) is 4.39 Å². The van der Waals surface area contributed by atoms with E-state index in [1.165, 1.54) is 6.07 Å². The predicted molar refractivity (Wildman–Crippen MR) is 79.5 cm³/mol. The summed E-state index contributed by atoms with van der Waals surface area (Å²) in [5.41, 5.74) is 7.34. The summed E-state index contributed by atoms with van der Waals surface area (Å²) in [4.78, 5) is 0. The van der Waals surface area contributed by atoms with Gasteiger partial charge in [-0.3, -0.25) is 0 Å². The first-order valence-electron chi connectivity index (χ1n) is 6.71. The molecule has 0 fully saturated rings. The highest BCUT2D eigenvalue weighted by atomic mass is 35.5. The van der Waals surface area contributed by atoms with Gasteiger partial charge < -0.3 is 15.2 Å². The quantitative estimate of drug-likeness (QED) is 0.940. The summed E-state index contributed by atoms with van der Waals surface area (Å²) in [6.45, 7) is 0.621. The third kappa shape index (κ3) is 2.82. The monoisotopic (exact) mass is 307 g/mol. The van der Waals surface area contributed by atoms with E-state index < -0.39 is 0 Å². The molecule has 0 saturated heterocycles. The Labute approximate surface area is 127 Å². The van der Waals surface area contributed by atoms with Crippen molar-refractivity contribution >= 4 is 11.6 Å². The van der Waals surface area contributed by atoms with Crippen LogP contribution in [0.3, 0.4) is 0 Å². The van der Waals surface area contributed by atoms with E-state index in [0.717, 1.165) is 11.3 Å². The minimum atomic E-state index is -0.304. The Bertz CT molecular complexity index is 642. The average molecular weight is 308 g/mol. The molecule has 0 saturated carbocycles. The van der Waals surface area contributed by atoms with Crippen molar-refractivity contribution in [3.8, 4) is 11.5 Å². The first kappa shape index (κ1) is 14.2. The standard InChI is InChI=1S/C16H15ClFNO2/c17-13-2-1-3-14(18)12(13)6-11(8-19)10-4-5-15-16(7-10)21-9-20-15/h1-5,7,11H,6,8-9,19H2. The van der Waals surface area contributed by atoms with Crippen molar-refractivity contribution < 1.29 is 13.9 Å². The number of benzene rings is 2. The molecule has 1 atom stereocenters. The topological polar surface area (TPSA) is 44.5 Å². The van der Waals surface area contributed by atoms with Crippen LogP contribution in [0.2, 0.25) is 5.02 Å². The van der Waals surface area contributed by atoms with Gasteiger partial charge in [0.05, 0.1) is 0 Å². The van der Waals surface area contributed by atoms with Crippen molar-refractivity contribution in [2.24, 2.45) is 5.73 Å². The van der Waals surface area contributed by atoms with E-state index in [4.69, 9.17) is 26.8 Å². The number of fused-ring (bicyclic) bond motifs is 1. The van der Waals surface area contributed by atoms with Gasteiger partial charge in [-0.1, -0.05) is 23.7 Å². The van der Waals surface area contributed by atoms with Crippen LogP contribution in [0, 0.1) is 5.82 Å². The third-order valence-corrected chi connectivity index (χ3v) is 4.02. The van der Waals surface area contributed by atoms with Crippen molar-refractivity contribution in [1.29, 1.82) is 0 Å². The largest absolute Gasteiger partial charge is 0.454 e. The van der Waals surface area contributed by atoms with E-state index in [1.807, 2.05) is 18.2 Å². The summed E-state index contributed by atoms with van der Waals surface area (Å²) < 4.78 is 24.6. The van der Waals surface area contributed by atoms with Crippen LogP contribution in [0.5, 0.6) is 11.5 Å². The summed E-state index contributed by atoms with van der Waals surface area (Å²) in [5.74, 6) is 1.08. The molecule has 0 amide bonds.